The molecule has 0 aliphatic carbocycles. The number of amides is 1. The van der Waals surface area contributed by atoms with E-state index in [0.717, 1.165) is 6.54 Å². The van der Waals surface area contributed by atoms with Crippen molar-refractivity contribution in [3.8, 4) is 0 Å². The standard InChI is InChI=1S/C6H11FN2O/c7-6-3-9(4-6)2-1-8-5-10/h5-6H,1-4H2,(H,8,10). The number of nitrogens with one attached hydrogen (secondary N) is 1. The molecule has 1 saturated heterocycles. The smallest absolute Gasteiger partial charge is 0.207 e. The molecule has 0 unspecified atom stereocenters. The summed E-state index contributed by atoms with van der Waals surface area (Å²) in [4.78, 5) is 11.7. The second-order valence-electron chi connectivity index (χ2n) is 2.43. The van der Waals surface area contributed by atoms with E-state index in [2.05, 4.69) is 5.32 Å². The molecule has 0 saturated carbocycles. The van der Waals surface area contributed by atoms with Gasteiger partial charge in [0.25, 0.3) is 0 Å². The number of alkyl halides is 1. The first kappa shape index (κ1) is 7.47. The summed E-state index contributed by atoms with van der Waals surface area (Å²) in [6.07, 6.45) is 0.0171. The number of carbonyl (C=O) groups excluding carboxylic acids is 1. The molecule has 0 spiro atoms. The van der Waals surface area contributed by atoms with Gasteiger partial charge in [-0.25, -0.2) is 4.39 Å². The van der Waals surface area contributed by atoms with Crippen molar-refractivity contribution in [1.29, 1.82) is 0 Å². The van der Waals surface area contributed by atoms with E-state index in [0.29, 0.717) is 26.0 Å². The summed E-state index contributed by atoms with van der Waals surface area (Å²) in [5.74, 6) is 0. The van der Waals surface area contributed by atoms with Crippen LogP contribution in [0.25, 0.3) is 0 Å². The van der Waals surface area contributed by atoms with Crippen LogP contribution in [0.4, 0.5) is 4.39 Å². The molecule has 1 fully saturated rings. The van der Waals surface area contributed by atoms with Gasteiger partial charge in [0.05, 0.1) is 0 Å². The van der Waals surface area contributed by atoms with Crippen molar-refractivity contribution in [1.82, 2.24) is 10.2 Å². The van der Waals surface area contributed by atoms with Crippen molar-refractivity contribution in [2.45, 2.75) is 6.17 Å². The Morgan fingerprint density at radius 2 is 2.40 bits per heavy atom. The molecule has 1 amide bonds. The Kier molecular flexibility index (Phi) is 2.62. The molecule has 58 valence electrons. The fourth-order valence-corrected chi connectivity index (χ4v) is 0.971. The highest BCUT2D eigenvalue weighted by molar-refractivity contribution is 5.45. The molecule has 1 heterocycles. The van der Waals surface area contributed by atoms with Crippen molar-refractivity contribution in [2.75, 3.05) is 26.2 Å². The Hall–Kier alpha value is -0.640. The quantitative estimate of drug-likeness (QED) is 0.423. The minimum Gasteiger partial charge on any atom is -0.357 e. The maximum absolute atomic E-state index is 12.1. The van der Waals surface area contributed by atoms with Crippen molar-refractivity contribution >= 4 is 6.41 Å². The monoisotopic (exact) mass is 146 g/mol. The van der Waals surface area contributed by atoms with Crippen LogP contribution in [0.1, 0.15) is 0 Å². The normalized spacial score (nSPS) is 20.1. The third-order valence-corrected chi connectivity index (χ3v) is 1.57. The lowest BCUT2D eigenvalue weighted by molar-refractivity contribution is -0.109. The van der Waals surface area contributed by atoms with E-state index in [-0.39, 0.29) is 0 Å². The van der Waals surface area contributed by atoms with Crippen molar-refractivity contribution in [2.24, 2.45) is 0 Å². The lowest BCUT2D eigenvalue weighted by atomic mass is 10.2. The van der Waals surface area contributed by atoms with E-state index in [1.54, 1.807) is 0 Å². The fourth-order valence-electron chi connectivity index (χ4n) is 0.971. The van der Waals surface area contributed by atoms with E-state index in [9.17, 15) is 9.18 Å². The van der Waals surface area contributed by atoms with Crippen LogP contribution in [0.5, 0.6) is 0 Å². The average molecular weight is 146 g/mol. The third kappa shape index (κ3) is 1.95. The molecule has 0 radical (unpaired) electrons. The summed E-state index contributed by atoms with van der Waals surface area (Å²) in [6.45, 7) is 2.44. The summed E-state index contributed by atoms with van der Waals surface area (Å²) in [5, 5.41) is 2.52. The fraction of sp³-hybridized carbons (Fsp3) is 0.833. The van der Waals surface area contributed by atoms with Crippen LogP contribution in [-0.4, -0.2) is 43.7 Å². The predicted molar refractivity (Wildman–Crippen MR) is 35.4 cm³/mol. The van der Waals surface area contributed by atoms with Gasteiger partial charge in [0.15, 0.2) is 0 Å². The molecule has 3 nitrogen and oxygen atoms in total. The zero-order valence-electron chi connectivity index (χ0n) is 5.72. The topological polar surface area (TPSA) is 32.3 Å². The Labute approximate surface area is 59.2 Å². The van der Waals surface area contributed by atoms with Gasteiger partial charge in [-0.05, 0) is 0 Å². The molecule has 1 rings (SSSR count). The van der Waals surface area contributed by atoms with Crippen LogP contribution < -0.4 is 5.32 Å². The van der Waals surface area contributed by atoms with Crippen molar-refractivity contribution < 1.29 is 9.18 Å². The molecule has 0 bridgehead atoms. The lowest BCUT2D eigenvalue weighted by Crippen LogP contribution is -2.50. The van der Waals surface area contributed by atoms with Crippen LogP contribution in [0.2, 0.25) is 0 Å². The van der Waals surface area contributed by atoms with Gasteiger partial charge in [0.2, 0.25) is 6.41 Å². The van der Waals surface area contributed by atoms with Gasteiger partial charge in [-0.3, -0.25) is 9.69 Å². The van der Waals surface area contributed by atoms with Gasteiger partial charge in [-0.1, -0.05) is 0 Å². The molecule has 0 aromatic heterocycles. The molecule has 1 N–H and O–H groups in total. The summed E-state index contributed by atoms with van der Waals surface area (Å²) >= 11 is 0. The number of halogens is 1. The second-order valence-corrected chi connectivity index (χ2v) is 2.43. The van der Waals surface area contributed by atoms with E-state index in [4.69, 9.17) is 0 Å². The summed E-state index contributed by atoms with van der Waals surface area (Å²) in [7, 11) is 0. The number of rotatable bonds is 4. The highest BCUT2D eigenvalue weighted by Gasteiger charge is 2.24. The van der Waals surface area contributed by atoms with Gasteiger partial charge < -0.3 is 5.32 Å². The summed E-state index contributed by atoms with van der Waals surface area (Å²) < 4.78 is 12.1. The molecule has 0 aromatic carbocycles. The molecule has 4 heteroatoms. The molecule has 1 aliphatic heterocycles. The SMILES string of the molecule is O=CNCCN1CC(F)C1. The van der Waals surface area contributed by atoms with E-state index in [1.165, 1.54) is 0 Å². The number of carbonyl (C=O) groups is 1. The van der Waals surface area contributed by atoms with Crippen LogP contribution in [0.3, 0.4) is 0 Å². The summed E-state index contributed by atoms with van der Waals surface area (Å²) in [5.41, 5.74) is 0. The van der Waals surface area contributed by atoms with Crippen LogP contribution in [0, 0.1) is 0 Å². The highest BCUT2D eigenvalue weighted by Crippen LogP contribution is 2.08. The molecule has 0 aromatic rings. The highest BCUT2D eigenvalue weighted by atomic mass is 19.1. The Morgan fingerprint density at radius 1 is 1.70 bits per heavy atom. The van der Waals surface area contributed by atoms with Crippen LogP contribution >= 0.6 is 0 Å². The third-order valence-electron chi connectivity index (χ3n) is 1.57. The Bertz CT molecular complexity index is 114. The maximum atomic E-state index is 12.1. The molecule has 1 aliphatic rings. The average Bonchev–Trinajstić information content (AvgIpc) is 1.85. The van der Waals surface area contributed by atoms with E-state index < -0.39 is 6.17 Å². The van der Waals surface area contributed by atoms with Crippen LogP contribution in [0.15, 0.2) is 0 Å². The minimum atomic E-state index is -0.642. The zero-order valence-corrected chi connectivity index (χ0v) is 5.72. The molecular formula is C6H11FN2O. The predicted octanol–water partition coefficient (Wildman–Crippen LogP) is -0.614. The second kappa shape index (κ2) is 3.51. The Morgan fingerprint density at radius 3 is 2.90 bits per heavy atom. The molecule has 0 atom stereocenters. The first-order valence-corrected chi connectivity index (χ1v) is 3.36. The largest absolute Gasteiger partial charge is 0.357 e. The van der Waals surface area contributed by atoms with Crippen molar-refractivity contribution in [3.05, 3.63) is 0 Å². The Balaban J connectivity index is 1.90. The van der Waals surface area contributed by atoms with Crippen LogP contribution in [-0.2, 0) is 4.79 Å². The van der Waals surface area contributed by atoms with Gasteiger partial charge in [-0.2, -0.15) is 0 Å². The lowest BCUT2D eigenvalue weighted by Gasteiger charge is -2.33. The van der Waals surface area contributed by atoms with E-state index in [1.807, 2.05) is 4.90 Å². The van der Waals surface area contributed by atoms with Gasteiger partial charge in [0.1, 0.15) is 6.17 Å². The first-order chi connectivity index (χ1) is 4.83. The molecule has 10 heavy (non-hydrogen) atoms. The number of hydrogen-bond donors (Lipinski definition) is 1. The maximum Gasteiger partial charge on any atom is 0.207 e. The van der Waals surface area contributed by atoms with Gasteiger partial charge in [-0.15, -0.1) is 0 Å². The van der Waals surface area contributed by atoms with Gasteiger partial charge >= 0.3 is 0 Å². The number of hydrogen-bond acceptors (Lipinski definition) is 2. The molecular weight excluding hydrogens is 135 g/mol. The minimum absolute atomic E-state index is 0.528. The summed E-state index contributed by atoms with van der Waals surface area (Å²) in [6, 6.07) is 0. The number of nitrogens with zero attached hydrogens (tertiary/aromatic N) is 1. The number of likely N-dealkylation sites (tertiary alicyclic amines) is 1. The van der Waals surface area contributed by atoms with Crippen molar-refractivity contribution in [3.63, 3.8) is 0 Å². The first-order valence-electron chi connectivity index (χ1n) is 3.36. The van der Waals surface area contributed by atoms with E-state index >= 15 is 0 Å². The van der Waals surface area contributed by atoms with Gasteiger partial charge in [0, 0.05) is 26.2 Å². The zero-order chi connectivity index (χ0) is 7.40.